The predicted molar refractivity (Wildman–Crippen MR) is 68.6 cm³/mol. The number of hydrogen-bond donors (Lipinski definition) is 2. The van der Waals surface area contributed by atoms with E-state index in [1.807, 2.05) is 0 Å². The van der Waals surface area contributed by atoms with Gasteiger partial charge in [0.25, 0.3) is 0 Å². The monoisotopic (exact) mass is 212 g/mol. The van der Waals surface area contributed by atoms with Crippen LogP contribution in [0.2, 0.25) is 0 Å². The van der Waals surface area contributed by atoms with E-state index in [4.69, 9.17) is 5.73 Å². The Bertz CT molecular complexity index is 546. The van der Waals surface area contributed by atoms with Gasteiger partial charge in [-0.05, 0) is 34.4 Å². The molecule has 1 atom stereocenters. The van der Waals surface area contributed by atoms with Crippen LogP contribution in [0.15, 0.2) is 30.3 Å². The molecule has 0 fully saturated rings. The summed E-state index contributed by atoms with van der Waals surface area (Å²) in [6, 6.07) is 10.9. The molecular weight excluding hydrogens is 196 g/mol. The lowest BCUT2D eigenvalue weighted by atomic mass is 9.96. The Morgan fingerprint density at radius 1 is 1.31 bits per heavy atom. The fourth-order valence-corrected chi connectivity index (χ4v) is 2.62. The fourth-order valence-electron chi connectivity index (χ4n) is 2.62. The lowest BCUT2D eigenvalue weighted by Gasteiger charge is -2.09. The average Bonchev–Trinajstić information content (AvgIpc) is 2.68. The molecule has 1 aliphatic rings. The van der Waals surface area contributed by atoms with Crippen molar-refractivity contribution in [3.05, 3.63) is 41.5 Å². The number of benzene rings is 2. The van der Waals surface area contributed by atoms with E-state index in [9.17, 15) is 0 Å². The second-order valence-electron chi connectivity index (χ2n) is 4.42. The van der Waals surface area contributed by atoms with Crippen LogP contribution < -0.4 is 11.1 Å². The largest absolute Gasteiger partial charge is 0.369 e. The van der Waals surface area contributed by atoms with Gasteiger partial charge in [0, 0.05) is 12.1 Å². The summed E-state index contributed by atoms with van der Waals surface area (Å²) in [5.74, 6) is 0. The molecule has 2 aromatic rings. The van der Waals surface area contributed by atoms with Crippen molar-refractivity contribution >= 4 is 16.5 Å². The van der Waals surface area contributed by atoms with Crippen molar-refractivity contribution in [2.24, 2.45) is 5.73 Å². The third-order valence-corrected chi connectivity index (χ3v) is 3.39. The van der Waals surface area contributed by atoms with E-state index in [2.05, 4.69) is 42.6 Å². The summed E-state index contributed by atoms with van der Waals surface area (Å²) in [6.45, 7) is 2.20. The van der Waals surface area contributed by atoms with Gasteiger partial charge in [0.15, 0.2) is 0 Å². The molecule has 82 valence electrons. The van der Waals surface area contributed by atoms with Crippen molar-refractivity contribution in [3.63, 3.8) is 0 Å². The van der Waals surface area contributed by atoms with E-state index in [-0.39, 0.29) is 6.17 Å². The summed E-state index contributed by atoms with van der Waals surface area (Å²) in [4.78, 5) is 0. The molecule has 0 spiro atoms. The van der Waals surface area contributed by atoms with Crippen LogP contribution in [0.4, 0.5) is 5.69 Å². The van der Waals surface area contributed by atoms with Crippen molar-refractivity contribution in [2.75, 3.05) is 5.32 Å². The summed E-state index contributed by atoms with van der Waals surface area (Å²) < 4.78 is 0. The highest BCUT2D eigenvalue weighted by Gasteiger charge is 2.20. The molecule has 1 aliphatic heterocycles. The molecule has 16 heavy (non-hydrogen) atoms. The minimum atomic E-state index is 0.0745. The first-order valence-electron chi connectivity index (χ1n) is 5.85. The standard InChI is InChI=1S/C14H16N2/c1-2-9-7-13-12(8-14(15)16-13)11-6-4-3-5-10(9)11/h3-7,14,16H,2,8,15H2,1H3. The Morgan fingerprint density at radius 3 is 2.81 bits per heavy atom. The maximum atomic E-state index is 5.96. The minimum Gasteiger partial charge on any atom is -0.369 e. The molecule has 0 aliphatic carbocycles. The third-order valence-electron chi connectivity index (χ3n) is 3.39. The summed E-state index contributed by atoms with van der Waals surface area (Å²) in [5.41, 5.74) is 9.96. The number of fused-ring (bicyclic) bond motifs is 3. The second kappa shape index (κ2) is 3.49. The van der Waals surface area contributed by atoms with Gasteiger partial charge in [0.05, 0.1) is 6.17 Å². The van der Waals surface area contributed by atoms with Crippen LogP contribution in [0, 0.1) is 0 Å². The highest BCUT2D eigenvalue weighted by Crippen LogP contribution is 2.34. The molecule has 2 heteroatoms. The Hall–Kier alpha value is -1.54. The summed E-state index contributed by atoms with van der Waals surface area (Å²) >= 11 is 0. The predicted octanol–water partition coefficient (Wildman–Crippen LogP) is 2.65. The summed E-state index contributed by atoms with van der Waals surface area (Å²) in [7, 11) is 0. The van der Waals surface area contributed by atoms with Crippen LogP contribution in [0.3, 0.4) is 0 Å². The van der Waals surface area contributed by atoms with Crippen molar-refractivity contribution in [2.45, 2.75) is 25.9 Å². The van der Waals surface area contributed by atoms with E-state index in [0.717, 1.165) is 12.8 Å². The van der Waals surface area contributed by atoms with Gasteiger partial charge in [-0.1, -0.05) is 31.2 Å². The van der Waals surface area contributed by atoms with Crippen LogP contribution in [-0.4, -0.2) is 6.17 Å². The first-order valence-corrected chi connectivity index (χ1v) is 5.85. The fraction of sp³-hybridized carbons (Fsp3) is 0.286. The molecule has 1 heterocycles. The van der Waals surface area contributed by atoms with Gasteiger partial charge in [-0.25, -0.2) is 0 Å². The Kier molecular flexibility index (Phi) is 2.11. The van der Waals surface area contributed by atoms with E-state index in [1.165, 1.54) is 27.6 Å². The molecule has 0 radical (unpaired) electrons. The molecule has 0 saturated heterocycles. The summed E-state index contributed by atoms with van der Waals surface area (Å²) in [5, 5.41) is 6.08. The van der Waals surface area contributed by atoms with Crippen molar-refractivity contribution in [1.29, 1.82) is 0 Å². The van der Waals surface area contributed by atoms with Gasteiger partial charge in [0.1, 0.15) is 0 Å². The maximum absolute atomic E-state index is 5.96. The Labute approximate surface area is 95.5 Å². The smallest absolute Gasteiger partial charge is 0.0785 e. The molecule has 0 aromatic heterocycles. The molecule has 3 N–H and O–H groups in total. The normalized spacial score (nSPS) is 18.5. The zero-order chi connectivity index (χ0) is 11.1. The zero-order valence-corrected chi connectivity index (χ0v) is 9.46. The highest BCUT2D eigenvalue weighted by molar-refractivity contribution is 5.94. The van der Waals surface area contributed by atoms with Crippen LogP contribution in [-0.2, 0) is 12.8 Å². The number of anilines is 1. The second-order valence-corrected chi connectivity index (χ2v) is 4.42. The number of nitrogens with one attached hydrogen (secondary N) is 1. The molecule has 0 bridgehead atoms. The molecule has 3 rings (SSSR count). The van der Waals surface area contributed by atoms with Crippen LogP contribution in [0.25, 0.3) is 10.8 Å². The molecule has 1 unspecified atom stereocenters. The van der Waals surface area contributed by atoms with Crippen molar-refractivity contribution in [3.8, 4) is 0 Å². The van der Waals surface area contributed by atoms with E-state index < -0.39 is 0 Å². The van der Waals surface area contributed by atoms with Gasteiger partial charge in [-0.3, -0.25) is 0 Å². The van der Waals surface area contributed by atoms with Gasteiger partial charge < -0.3 is 11.1 Å². The topological polar surface area (TPSA) is 38.0 Å². The third kappa shape index (κ3) is 1.30. The molecule has 2 nitrogen and oxygen atoms in total. The van der Waals surface area contributed by atoms with Gasteiger partial charge in [-0.15, -0.1) is 0 Å². The summed E-state index contributed by atoms with van der Waals surface area (Å²) in [6.07, 6.45) is 2.07. The first-order chi connectivity index (χ1) is 7.79. The molecule has 0 amide bonds. The Morgan fingerprint density at radius 2 is 2.06 bits per heavy atom. The number of nitrogens with two attached hydrogens (primary N) is 1. The Balaban J connectivity index is 2.35. The quantitative estimate of drug-likeness (QED) is 0.762. The zero-order valence-electron chi connectivity index (χ0n) is 9.46. The van der Waals surface area contributed by atoms with Gasteiger partial charge in [-0.2, -0.15) is 0 Å². The van der Waals surface area contributed by atoms with Crippen molar-refractivity contribution in [1.82, 2.24) is 0 Å². The minimum absolute atomic E-state index is 0.0745. The van der Waals surface area contributed by atoms with Crippen LogP contribution in [0.1, 0.15) is 18.1 Å². The lowest BCUT2D eigenvalue weighted by Crippen LogP contribution is -2.25. The number of hydrogen-bond acceptors (Lipinski definition) is 2. The lowest BCUT2D eigenvalue weighted by molar-refractivity contribution is 0.800. The average molecular weight is 212 g/mol. The SMILES string of the molecule is CCc1cc2c(c3ccccc13)CC(N)N2. The molecular formula is C14H16N2. The highest BCUT2D eigenvalue weighted by atomic mass is 15.1. The van der Waals surface area contributed by atoms with E-state index >= 15 is 0 Å². The van der Waals surface area contributed by atoms with Crippen LogP contribution in [0.5, 0.6) is 0 Å². The molecule has 0 saturated carbocycles. The first kappa shape index (κ1) is 9.67. The van der Waals surface area contributed by atoms with E-state index in [1.54, 1.807) is 0 Å². The van der Waals surface area contributed by atoms with Gasteiger partial charge >= 0.3 is 0 Å². The molecule has 2 aromatic carbocycles. The van der Waals surface area contributed by atoms with Gasteiger partial charge in [0.2, 0.25) is 0 Å². The van der Waals surface area contributed by atoms with Crippen molar-refractivity contribution < 1.29 is 0 Å². The van der Waals surface area contributed by atoms with E-state index in [0.29, 0.717) is 0 Å². The van der Waals surface area contributed by atoms with Crippen LogP contribution >= 0.6 is 0 Å². The number of rotatable bonds is 1. The maximum Gasteiger partial charge on any atom is 0.0785 e. The number of aryl methyl sites for hydroxylation is 1.